The van der Waals surface area contributed by atoms with E-state index in [0.717, 1.165) is 50.3 Å². The van der Waals surface area contributed by atoms with Crippen LogP contribution in [0.2, 0.25) is 0 Å². The molecule has 0 aliphatic carbocycles. The highest BCUT2D eigenvalue weighted by Gasteiger charge is 2.30. The molecule has 0 radical (unpaired) electrons. The first-order valence-electron chi connectivity index (χ1n) is 10.8. The van der Waals surface area contributed by atoms with Crippen molar-refractivity contribution in [3.63, 3.8) is 0 Å². The standard InChI is InChI=1S/C24H33N3O3/c1-4-26(5-2)17-18-30-23-11-7-6-9-21(23)25-24(28)27-16-8-10-22(27)19-12-14-20(29-3)15-13-19/h6-7,9,11-15,22H,4-5,8,10,16-18H2,1-3H3,(H,25,28)/t22-/m0/s1. The first kappa shape index (κ1) is 22.0. The highest BCUT2D eigenvalue weighted by Crippen LogP contribution is 2.34. The number of urea groups is 1. The Morgan fingerprint density at radius 2 is 1.87 bits per heavy atom. The van der Waals surface area contributed by atoms with Gasteiger partial charge in [-0.25, -0.2) is 4.79 Å². The van der Waals surface area contributed by atoms with Gasteiger partial charge in [0, 0.05) is 13.1 Å². The van der Waals surface area contributed by atoms with Gasteiger partial charge in [0.15, 0.2) is 0 Å². The Kier molecular flexibility index (Phi) is 7.97. The molecule has 1 heterocycles. The van der Waals surface area contributed by atoms with Crippen LogP contribution in [0.1, 0.15) is 38.3 Å². The Morgan fingerprint density at radius 1 is 1.13 bits per heavy atom. The minimum atomic E-state index is -0.0897. The number of hydrogen-bond acceptors (Lipinski definition) is 4. The first-order chi connectivity index (χ1) is 14.7. The van der Waals surface area contributed by atoms with Crippen LogP contribution in [-0.4, -0.2) is 55.7 Å². The van der Waals surface area contributed by atoms with Gasteiger partial charge in [-0.3, -0.25) is 0 Å². The molecule has 3 rings (SSSR count). The van der Waals surface area contributed by atoms with Gasteiger partial charge in [0.1, 0.15) is 18.1 Å². The van der Waals surface area contributed by atoms with Crippen LogP contribution in [0.25, 0.3) is 0 Å². The molecular formula is C24H33N3O3. The van der Waals surface area contributed by atoms with E-state index < -0.39 is 0 Å². The maximum Gasteiger partial charge on any atom is 0.322 e. The van der Waals surface area contributed by atoms with Crippen LogP contribution in [0.4, 0.5) is 10.5 Å². The van der Waals surface area contributed by atoms with Crippen molar-refractivity contribution in [3.8, 4) is 11.5 Å². The minimum absolute atomic E-state index is 0.0756. The van der Waals surface area contributed by atoms with E-state index in [1.807, 2.05) is 53.4 Å². The van der Waals surface area contributed by atoms with Crippen molar-refractivity contribution in [1.82, 2.24) is 9.80 Å². The number of methoxy groups -OCH3 is 1. The number of carbonyl (C=O) groups is 1. The molecule has 1 aliphatic heterocycles. The van der Waals surface area contributed by atoms with Crippen molar-refractivity contribution in [2.75, 3.05) is 45.2 Å². The quantitative estimate of drug-likeness (QED) is 0.645. The Bertz CT molecular complexity index is 806. The van der Waals surface area contributed by atoms with Crippen LogP contribution in [-0.2, 0) is 0 Å². The fraction of sp³-hybridized carbons (Fsp3) is 0.458. The Morgan fingerprint density at radius 3 is 2.57 bits per heavy atom. The zero-order valence-electron chi connectivity index (χ0n) is 18.3. The normalized spacial score (nSPS) is 16.0. The fourth-order valence-electron chi connectivity index (χ4n) is 3.89. The summed E-state index contributed by atoms with van der Waals surface area (Å²) in [6, 6.07) is 15.6. The summed E-state index contributed by atoms with van der Waals surface area (Å²) < 4.78 is 11.2. The number of carbonyl (C=O) groups excluding carboxylic acids is 1. The number of rotatable bonds is 9. The second-order valence-corrected chi connectivity index (χ2v) is 7.43. The lowest BCUT2D eigenvalue weighted by Crippen LogP contribution is -2.34. The first-order valence-corrected chi connectivity index (χ1v) is 10.8. The van der Waals surface area contributed by atoms with E-state index in [4.69, 9.17) is 9.47 Å². The third-order valence-electron chi connectivity index (χ3n) is 5.70. The van der Waals surface area contributed by atoms with Gasteiger partial charge >= 0.3 is 6.03 Å². The molecule has 0 bridgehead atoms. The van der Waals surface area contributed by atoms with E-state index in [0.29, 0.717) is 18.0 Å². The summed E-state index contributed by atoms with van der Waals surface area (Å²) in [6.07, 6.45) is 1.95. The maximum absolute atomic E-state index is 13.1. The van der Waals surface area contributed by atoms with Gasteiger partial charge in [-0.2, -0.15) is 0 Å². The van der Waals surface area contributed by atoms with Crippen molar-refractivity contribution >= 4 is 11.7 Å². The third kappa shape index (κ3) is 5.45. The van der Waals surface area contributed by atoms with E-state index in [1.165, 1.54) is 0 Å². The van der Waals surface area contributed by atoms with E-state index >= 15 is 0 Å². The lowest BCUT2D eigenvalue weighted by molar-refractivity contribution is 0.206. The zero-order chi connectivity index (χ0) is 21.3. The smallest absolute Gasteiger partial charge is 0.322 e. The minimum Gasteiger partial charge on any atom is -0.497 e. The van der Waals surface area contributed by atoms with Crippen molar-refractivity contribution < 1.29 is 14.3 Å². The maximum atomic E-state index is 13.1. The molecule has 0 unspecified atom stereocenters. The fourth-order valence-corrected chi connectivity index (χ4v) is 3.89. The molecule has 162 valence electrons. The average molecular weight is 412 g/mol. The van der Waals surface area contributed by atoms with Crippen LogP contribution in [0.15, 0.2) is 48.5 Å². The second-order valence-electron chi connectivity index (χ2n) is 7.43. The molecule has 0 saturated carbocycles. The van der Waals surface area contributed by atoms with Crippen LogP contribution < -0.4 is 14.8 Å². The molecule has 1 aliphatic rings. The van der Waals surface area contributed by atoms with Crippen molar-refractivity contribution in [1.29, 1.82) is 0 Å². The molecule has 6 nitrogen and oxygen atoms in total. The summed E-state index contributed by atoms with van der Waals surface area (Å²) in [5, 5.41) is 3.06. The topological polar surface area (TPSA) is 54.0 Å². The highest BCUT2D eigenvalue weighted by atomic mass is 16.5. The number of para-hydroxylation sites is 2. The summed E-state index contributed by atoms with van der Waals surface area (Å²) >= 11 is 0. The van der Waals surface area contributed by atoms with E-state index in [1.54, 1.807) is 7.11 Å². The lowest BCUT2D eigenvalue weighted by atomic mass is 10.0. The SMILES string of the molecule is CCN(CC)CCOc1ccccc1NC(=O)N1CCC[C@H]1c1ccc(OC)cc1. The van der Waals surface area contributed by atoms with Crippen molar-refractivity contribution in [2.45, 2.75) is 32.7 Å². The summed E-state index contributed by atoms with van der Waals surface area (Å²) in [5.41, 5.74) is 1.84. The zero-order valence-corrected chi connectivity index (χ0v) is 18.3. The number of likely N-dealkylation sites (tertiary alicyclic amines) is 1. The summed E-state index contributed by atoms with van der Waals surface area (Å²) in [6.45, 7) is 8.49. The van der Waals surface area contributed by atoms with Gasteiger partial charge in [0.25, 0.3) is 0 Å². The summed E-state index contributed by atoms with van der Waals surface area (Å²) in [7, 11) is 1.66. The molecule has 2 aromatic rings. The van der Waals surface area contributed by atoms with E-state index in [-0.39, 0.29) is 12.1 Å². The lowest BCUT2D eigenvalue weighted by Gasteiger charge is -2.26. The Hall–Kier alpha value is -2.73. The molecule has 2 aromatic carbocycles. The summed E-state index contributed by atoms with van der Waals surface area (Å²) in [4.78, 5) is 17.3. The predicted molar refractivity (Wildman–Crippen MR) is 120 cm³/mol. The van der Waals surface area contributed by atoms with Gasteiger partial charge in [-0.05, 0) is 55.8 Å². The molecule has 1 N–H and O–H groups in total. The number of nitrogens with zero attached hydrogens (tertiary/aromatic N) is 2. The molecule has 0 aromatic heterocycles. The van der Waals surface area contributed by atoms with E-state index in [2.05, 4.69) is 24.1 Å². The summed E-state index contributed by atoms with van der Waals surface area (Å²) in [5.74, 6) is 1.53. The molecule has 30 heavy (non-hydrogen) atoms. The van der Waals surface area contributed by atoms with Crippen LogP contribution in [0.3, 0.4) is 0 Å². The van der Waals surface area contributed by atoms with Gasteiger partial charge < -0.3 is 24.6 Å². The van der Waals surface area contributed by atoms with E-state index in [9.17, 15) is 4.79 Å². The number of benzene rings is 2. The molecule has 0 spiro atoms. The Labute approximate surface area is 179 Å². The number of anilines is 1. The highest BCUT2D eigenvalue weighted by molar-refractivity contribution is 5.91. The molecule has 1 atom stereocenters. The molecular weight excluding hydrogens is 378 g/mol. The third-order valence-corrected chi connectivity index (χ3v) is 5.70. The second kappa shape index (κ2) is 10.9. The van der Waals surface area contributed by atoms with Crippen molar-refractivity contribution in [2.24, 2.45) is 0 Å². The predicted octanol–water partition coefficient (Wildman–Crippen LogP) is 4.78. The monoisotopic (exact) mass is 411 g/mol. The number of amides is 2. The Balaban J connectivity index is 1.64. The molecule has 1 saturated heterocycles. The van der Waals surface area contributed by atoms with Crippen molar-refractivity contribution in [3.05, 3.63) is 54.1 Å². The van der Waals surface area contributed by atoms with Crippen LogP contribution in [0.5, 0.6) is 11.5 Å². The molecule has 6 heteroatoms. The van der Waals surface area contributed by atoms with Crippen LogP contribution >= 0.6 is 0 Å². The van der Waals surface area contributed by atoms with Crippen LogP contribution in [0, 0.1) is 0 Å². The molecule has 1 fully saturated rings. The van der Waals surface area contributed by atoms with Gasteiger partial charge in [0.05, 0.1) is 18.8 Å². The average Bonchev–Trinajstić information content (AvgIpc) is 3.28. The largest absolute Gasteiger partial charge is 0.497 e. The molecule has 2 amide bonds. The number of nitrogens with one attached hydrogen (secondary N) is 1. The number of hydrogen-bond donors (Lipinski definition) is 1. The van der Waals surface area contributed by atoms with Gasteiger partial charge in [-0.1, -0.05) is 38.1 Å². The number of likely N-dealkylation sites (N-methyl/N-ethyl adjacent to an activating group) is 1. The van der Waals surface area contributed by atoms with Gasteiger partial charge in [0.2, 0.25) is 0 Å². The number of ether oxygens (including phenoxy) is 2. The van der Waals surface area contributed by atoms with Gasteiger partial charge in [-0.15, -0.1) is 0 Å².